The number of hydrogen-bond acceptors (Lipinski definition) is 6. The molecule has 6 heteroatoms. The van der Waals surface area contributed by atoms with Crippen molar-refractivity contribution >= 4 is 0 Å². The minimum absolute atomic E-state index is 0.190. The number of hydrogen-bond donors (Lipinski definition) is 3. The van der Waals surface area contributed by atoms with E-state index in [2.05, 4.69) is 12.1 Å². The van der Waals surface area contributed by atoms with Crippen LogP contribution < -0.4 is 4.74 Å². The van der Waals surface area contributed by atoms with Crippen LogP contribution in [-0.2, 0) is 15.9 Å². The molecule has 0 spiro atoms. The molecule has 1 aromatic rings. The summed E-state index contributed by atoms with van der Waals surface area (Å²) in [4.78, 5) is 0. The predicted octanol–water partition coefficient (Wildman–Crippen LogP) is 1.64. The number of aliphatic hydroxyl groups is 3. The van der Waals surface area contributed by atoms with Gasteiger partial charge < -0.3 is 29.5 Å². The molecule has 0 radical (unpaired) electrons. The van der Waals surface area contributed by atoms with Crippen molar-refractivity contribution in [3.8, 4) is 5.75 Å². The Morgan fingerprint density at radius 1 is 1.08 bits per heavy atom. The lowest BCUT2D eigenvalue weighted by Gasteiger charge is -2.36. The van der Waals surface area contributed by atoms with E-state index in [0.29, 0.717) is 6.61 Å². The molecule has 0 bridgehead atoms. The van der Waals surface area contributed by atoms with Crippen LogP contribution in [0.4, 0.5) is 0 Å². The lowest BCUT2D eigenvalue weighted by molar-refractivity contribution is -0.271. The largest absolute Gasteiger partial charge is 0.493 e. The van der Waals surface area contributed by atoms with Gasteiger partial charge in [0.1, 0.15) is 11.9 Å². The molecule has 4 atom stereocenters. The fraction of sp³-hybridized carbons (Fsp3) is 0.700. The van der Waals surface area contributed by atoms with Crippen LogP contribution in [0.2, 0.25) is 0 Å². The van der Waals surface area contributed by atoms with E-state index in [1.165, 1.54) is 18.4 Å². The summed E-state index contributed by atoms with van der Waals surface area (Å²) in [5.74, 6) is 1.69. The van der Waals surface area contributed by atoms with Gasteiger partial charge in [-0.2, -0.15) is 0 Å². The Hall–Kier alpha value is -1.18. The first-order chi connectivity index (χ1) is 12.7. The third kappa shape index (κ3) is 5.93. The number of aryl methyl sites for hydroxylation is 1. The van der Waals surface area contributed by atoms with Crippen LogP contribution in [0.15, 0.2) is 24.3 Å². The van der Waals surface area contributed by atoms with Crippen LogP contribution in [-0.4, -0.2) is 59.7 Å². The van der Waals surface area contributed by atoms with E-state index < -0.39 is 24.6 Å². The highest BCUT2D eigenvalue weighted by atomic mass is 16.7. The minimum atomic E-state index is -1.07. The van der Waals surface area contributed by atoms with Crippen molar-refractivity contribution in [3.05, 3.63) is 29.8 Å². The van der Waals surface area contributed by atoms with Gasteiger partial charge in [0.2, 0.25) is 0 Å². The van der Waals surface area contributed by atoms with Crippen LogP contribution in [0.5, 0.6) is 5.75 Å². The molecule has 1 heterocycles. The summed E-state index contributed by atoms with van der Waals surface area (Å²) in [6.45, 7) is 1.08. The number of ether oxygens (including phenoxy) is 3. The molecule has 1 aliphatic heterocycles. The van der Waals surface area contributed by atoms with E-state index in [4.69, 9.17) is 19.3 Å². The number of aliphatic hydroxyl groups excluding tert-OH is 3. The lowest BCUT2D eigenvalue weighted by atomic mass is 10.0. The standard InChI is InChI=1S/C20H30O6/c21-12-17-11-18(22)19(23)20(26-17)24-10-2-1-3-14-6-8-16(9-7-14)25-13-15-4-5-15/h6-9,15,17-23H,1-5,10-13H2. The highest BCUT2D eigenvalue weighted by Crippen LogP contribution is 2.29. The maximum Gasteiger partial charge on any atom is 0.186 e. The van der Waals surface area contributed by atoms with Crippen molar-refractivity contribution in [1.29, 1.82) is 0 Å². The van der Waals surface area contributed by atoms with Crippen molar-refractivity contribution in [2.45, 2.75) is 63.1 Å². The number of benzene rings is 1. The van der Waals surface area contributed by atoms with Crippen molar-refractivity contribution in [2.75, 3.05) is 19.8 Å². The van der Waals surface area contributed by atoms with E-state index in [1.54, 1.807) is 0 Å². The van der Waals surface area contributed by atoms with Gasteiger partial charge in [0.05, 0.1) is 25.4 Å². The number of unbranched alkanes of at least 4 members (excludes halogenated alkanes) is 1. The Morgan fingerprint density at radius 2 is 1.85 bits per heavy atom. The highest BCUT2D eigenvalue weighted by molar-refractivity contribution is 5.27. The van der Waals surface area contributed by atoms with Gasteiger partial charge >= 0.3 is 0 Å². The first-order valence-electron chi connectivity index (χ1n) is 9.61. The van der Waals surface area contributed by atoms with Crippen molar-refractivity contribution < 1.29 is 29.5 Å². The van der Waals surface area contributed by atoms with Gasteiger partial charge in [0, 0.05) is 13.0 Å². The Labute approximate surface area is 154 Å². The Bertz CT molecular complexity index is 530. The molecule has 0 amide bonds. The van der Waals surface area contributed by atoms with Gasteiger partial charge in [-0.25, -0.2) is 0 Å². The van der Waals surface area contributed by atoms with E-state index in [0.717, 1.165) is 37.5 Å². The minimum Gasteiger partial charge on any atom is -0.493 e. The van der Waals surface area contributed by atoms with E-state index >= 15 is 0 Å². The molecular formula is C20H30O6. The molecule has 3 N–H and O–H groups in total. The lowest BCUT2D eigenvalue weighted by Crippen LogP contribution is -2.50. The first kappa shape index (κ1) is 19.6. The fourth-order valence-electron chi connectivity index (χ4n) is 3.05. The highest BCUT2D eigenvalue weighted by Gasteiger charge is 2.36. The molecule has 26 heavy (non-hydrogen) atoms. The first-order valence-corrected chi connectivity index (χ1v) is 9.61. The summed E-state index contributed by atoms with van der Waals surface area (Å²) >= 11 is 0. The number of rotatable bonds is 10. The summed E-state index contributed by atoms with van der Waals surface area (Å²) in [6.07, 6.45) is 2.18. The van der Waals surface area contributed by atoms with Crippen molar-refractivity contribution in [1.82, 2.24) is 0 Å². The van der Waals surface area contributed by atoms with Gasteiger partial charge in [-0.05, 0) is 55.7 Å². The van der Waals surface area contributed by atoms with Crippen molar-refractivity contribution in [3.63, 3.8) is 0 Å². The molecule has 2 aliphatic rings. The zero-order chi connectivity index (χ0) is 18.4. The maximum absolute atomic E-state index is 9.90. The summed E-state index contributed by atoms with van der Waals surface area (Å²) in [5, 5.41) is 28.8. The summed E-state index contributed by atoms with van der Waals surface area (Å²) in [6, 6.07) is 8.24. The Kier molecular flexibility index (Phi) is 7.28. The molecule has 3 rings (SSSR count). The Balaban J connectivity index is 1.31. The predicted molar refractivity (Wildman–Crippen MR) is 95.9 cm³/mol. The average molecular weight is 366 g/mol. The van der Waals surface area contributed by atoms with Crippen LogP contribution in [0.3, 0.4) is 0 Å². The van der Waals surface area contributed by atoms with E-state index in [-0.39, 0.29) is 13.0 Å². The smallest absolute Gasteiger partial charge is 0.186 e. The SMILES string of the molecule is OCC1CC(O)C(O)C(OCCCCc2ccc(OCC3CC3)cc2)O1. The van der Waals surface area contributed by atoms with Crippen LogP contribution in [0, 0.1) is 5.92 Å². The molecular weight excluding hydrogens is 336 g/mol. The Morgan fingerprint density at radius 3 is 2.54 bits per heavy atom. The van der Waals surface area contributed by atoms with E-state index in [1.807, 2.05) is 12.1 Å². The topological polar surface area (TPSA) is 88.4 Å². The van der Waals surface area contributed by atoms with Crippen LogP contribution >= 0.6 is 0 Å². The van der Waals surface area contributed by atoms with Gasteiger partial charge in [-0.3, -0.25) is 0 Å². The zero-order valence-corrected chi connectivity index (χ0v) is 15.1. The summed E-state index contributed by atoms with van der Waals surface area (Å²) < 4.78 is 16.7. The van der Waals surface area contributed by atoms with Gasteiger partial charge in [0.15, 0.2) is 6.29 Å². The van der Waals surface area contributed by atoms with Crippen LogP contribution in [0.1, 0.15) is 37.7 Å². The van der Waals surface area contributed by atoms with Gasteiger partial charge in [-0.15, -0.1) is 0 Å². The van der Waals surface area contributed by atoms with Gasteiger partial charge in [0.25, 0.3) is 0 Å². The van der Waals surface area contributed by atoms with Crippen molar-refractivity contribution in [2.24, 2.45) is 5.92 Å². The fourth-order valence-corrected chi connectivity index (χ4v) is 3.05. The summed E-state index contributed by atoms with van der Waals surface area (Å²) in [7, 11) is 0. The normalized spacial score (nSPS) is 28.9. The maximum atomic E-state index is 9.90. The second-order valence-electron chi connectivity index (χ2n) is 7.33. The third-order valence-electron chi connectivity index (χ3n) is 4.96. The average Bonchev–Trinajstić information content (AvgIpc) is 3.48. The monoisotopic (exact) mass is 366 g/mol. The molecule has 1 saturated carbocycles. The quantitative estimate of drug-likeness (QED) is 0.546. The molecule has 6 nitrogen and oxygen atoms in total. The molecule has 1 aromatic carbocycles. The molecule has 1 saturated heterocycles. The molecule has 2 fully saturated rings. The molecule has 4 unspecified atom stereocenters. The zero-order valence-electron chi connectivity index (χ0n) is 15.1. The second-order valence-corrected chi connectivity index (χ2v) is 7.33. The molecule has 146 valence electrons. The third-order valence-corrected chi connectivity index (χ3v) is 4.96. The van der Waals surface area contributed by atoms with Crippen LogP contribution in [0.25, 0.3) is 0 Å². The van der Waals surface area contributed by atoms with Gasteiger partial charge in [-0.1, -0.05) is 12.1 Å². The molecule has 1 aliphatic carbocycles. The summed E-state index contributed by atoms with van der Waals surface area (Å²) in [5.41, 5.74) is 1.26. The van der Waals surface area contributed by atoms with E-state index in [9.17, 15) is 10.2 Å². The second kappa shape index (κ2) is 9.67. The molecule has 0 aromatic heterocycles.